The normalized spacial score (nSPS) is 28.9. The molecule has 3 saturated carbocycles. The Morgan fingerprint density at radius 2 is 1.62 bits per heavy atom. The van der Waals surface area contributed by atoms with E-state index in [4.69, 9.17) is 11.6 Å². The molecule has 0 aromatic heterocycles. The van der Waals surface area contributed by atoms with Crippen LogP contribution in [0.1, 0.15) is 19.3 Å². The van der Waals surface area contributed by atoms with Crippen LogP contribution in [0, 0.1) is 5.92 Å². The number of halogens is 1. The van der Waals surface area contributed by atoms with Gasteiger partial charge in [0.15, 0.2) is 0 Å². The second-order valence-electron chi connectivity index (χ2n) is 6.04. The molecule has 5 rings (SSSR count). The number of hydrogen-bond donors (Lipinski definition) is 0. The predicted molar refractivity (Wildman–Crippen MR) is 86.5 cm³/mol. The molecule has 3 aliphatic carbocycles. The maximum atomic E-state index is 13.8. The van der Waals surface area contributed by atoms with Crippen molar-refractivity contribution < 1.29 is 4.21 Å². The van der Waals surface area contributed by atoms with E-state index in [2.05, 4.69) is 4.36 Å². The fraction of sp³-hybridized carbons (Fsp3) is 0.294. The monoisotopic (exact) mass is 317 g/mol. The van der Waals surface area contributed by atoms with Gasteiger partial charge in [-0.25, -0.2) is 4.21 Å². The van der Waals surface area contributed by atoms with E-state index < -0.39 is 9.73 Å². The van der Waals surface area contributed by atoms with E-state index in [0.717, 1.165) is 30.1 Å². The summed E-state index contributed by atoms with van der Waals surface area (Å²) in [6.45, 7) is 0. The molecule has 108 valence electrons. The van der Waals surface area contributed by atoms with Crippen LogP contribution < -0.4 is 0 Å². The van der Waals surface area contributed by atoms with Gasteiger partial charge in [-0.2, -0.15) is 4.36 Å². The molecule has 3 aliphatic rings. The Labute approximate surface area is 130 Å². The van der Waals surface area contributed by atoms with Crippen LogP contribution in [0.25, 0.3) is 0 Å². The quantitative estimate of drug-likeness (QED) is 0.778. The number of hydrogen-bond acceptors (Lipinski definition) is 2. The number of nitrogens with zero attached hydrogens (tertiary/aromatic N) is 1. The first-order chi connectivity index (χ1) is 10.1. The SMILES string of the molecule is O=S(=Nc1ccccc1Cl)(c1ccccc1)C12CC(C1)C2. The summed E-state index contributed by atoms with van der Waals surface area (Å²) < 4.78 is 18.4. The van der Waals surface area contributed by atoms with Crippen molar-refractivity contribution in [1.29, 1.82) is 0 Å². The largest absolute Gasteiger partial charge is 0.244 e. The molecule has 4 heteroatoms. The first-order valence-electron chi connectivity index (χ1n) is 7.19. The molecule has 0 radical (unpaired) electrons. The second kappa shape index (κ2) is 4.59. The Kier molecular flexibility index (Phi) is 2.92. The lowest BCUT2D eigenvalue weighted by Crippen LogP contribution is -2.62. The van der Waals surface area contributed by atoms with Crippen molar-refractivity contribution in [3.8, 4) is 0 Å². The third-order valence-corrected chi connectivity index (χ3v) is 8.07. The van der Waals surface area contributed by atoms with Gasteiger partial charge >= 0.3 is 0 Å². The molecule has 0 saturated heterocycles. The topological polar surface area (TPSA) is 29.4 Å². The summed E-state index contributed by atoms with van der Waals surface area (Å²) >= 11 is 6.22. The second-order valence-corrected chi connectivity index (χ2v) is 9.02. The minimum Gasteiger partial charge on any atom is -0.244 e. The molecule has 21 heavy (non-hydrogen) atoms. The molecule has 0 spiro atoms. The van der Waals surface area contributed by atoms with Crippen LogP contribution in [-0.4, -0.2) is 8.96 Å². The van der Waals surface area contributed by atoms with Crippen molar-refractivity contribution in [3.63, 3.8) is 0 Å². The van der Waals surface area contributed by atoms with Gasteiger partial charge in [-0.1, -0.05) is 41.9 Å². The van der Waals surface area contributed by atoms with Crippen LogP contribution in [0.15, 0.2) is 63.9 Å². The first-order valence-corrected chi connectivity index (χ1v) is 9.09. The van der Waals surface area contributed by atoms with Crippen LogP contribution in [0.2, 0.25) is 5.02 Å². The Morgan fingerprint density at radius 3 is 2.19 bits per heavy atom. The fourth-order valence-corrected chi connectivity index (χ4v) is 6.78. The molecule has 0 aliphatic heterocycles. The standard InChI is InChI=1S/C17H16ClNOS/c18-15-8-4-5-9-16(15)19-21(20,14-6-2-1-3-7-14)17-10-13(11-17)12-17/h1-9,13H,10-12H2. The summed E-state index contributed by atoms with van der Waals surface area (Å²) in [4.78, 5) is 0.836. The highest BCUT2D eigenvalue weighted by atomic mass is 35.5. The van der Waals surface area contributed by atoms with Gasteiger partial charge < -0.3 is 0 Å². The van der Waals surface area contributed by atoms with E-state index in [-0.39, 0.29) is 4.75 Å². The summed E-state index contributed by atoms with van der Waals surface area (Å²) in [5.41, 5.74) is 0.637. The van der Waals surface area contributed by atoms with Gasteiger partial charge in [0, 0.05) is 4.90 Å². The van der Waals surface area contributed by atoms with Crippen LogP contribution >= 0.6 is 11.6 Å². The molecule has 2 aromatic rings. The van der Waals surface area contributed by atoms with Crippen molar-refractivity contribution in [1.82, 2.24) is 0 Å². The molecular formula is C17H16ClNOS. The molecule has 1 unspecified atom stereocenters. The minimum absolute atomic E-state index is 0.127. The van der Waals surface area contributed by atoms with E-state index in [1.165, 1.54) is 0 Å². The van der Waals surface area contributed by atoms with E-state index in [0.29, 0.717) is 10.7 Å². The minimum atomic E-state index is -2.48. The number of rotatable bonds is 3. The van der Waals surface area contributed by atoms with E-state index in [1.54, 1.807) is 6.07 Å². The molecule has 1 atom stereocenters. The van der Waals surface area contributed by atoms with Crippen LogP contribution in [0.3, 0.4) is 0 Å². The summed E-state index contributed by atoms with van der Waals surface area (Å²) in [5, 5.41) is 0.563. The zero-order valence-electron chi connectivity index (χ0n) is 11.5. The zero-order chi connectivity index (χ0) is 14.5. The average Bonchev–Trinajstić information content (AvgIpc) is 2.39. The van der Waals surface area contributed by atoms with Gasteiger partial charge in [-0.3, -0.25) is 0 Å². The average molecular weight is 318 g/mol. The molecule has 2 aromatic carbocycles. The van der Waals surface area contributed by atoms with Crippen molar-refractivity contribution in [2.24, 2.45) is 10.3 Å². The lowest BCUT2D eigenvalue weighted by Gasteiger charge is -2.62. The van der Waals surface area contributed by atoms with Crippen molar-refractivity contribution in [2.75, 3.05) is 0 Å². The lowest BCUT2D eigenvalue weighted by molar-refractivity contribution is 0.0516. The summed E-state index contributed by atoms with van der Waals surface area (Å²) in [6, 6.07) is 17.1. The van der Waals surface area contributed by atoms with E-state index in [1.807, 2.05) is 48.5 Å². The zero-order valence-corrected chi connectivity index (χ0v) is 13.1. The molecule has 0 amide bonds. The maximum absolute atomic E-state index is 13.8. The van der Waals surface area contributed by atoms with Crippen molar-refractivity contribution >= 4 is 27.0 Å². The first kappa shape index (κ1) is 13.4. The molecule has 0 N–H and O–H groups in total. The van der Waals surface area contributed by atoms with Crippen molar-refractivity contribution in [2.45, 2.75) is 28.9 Å². The Hall–Kier alpha value is -1.32. The molecular weight excluding hydrogens is 302 g/mol. The highest BCUT2D eigenvalue weighted by Gasteiger charge is 2.63. The molecule has 3 fully saturated rings. The summed E-state index contributed by atoms with van der Waals surface area (Å²) in [5.74, 6) is 0.760. The lowest BCUT2D eigenvalue weighted by atomic mass is 9.55. The molecule has 2 bridgehead atoms. The smallest absolute Gasteiger partial charge is 0.0919 e. The maximum Gasteiger partial charge on any atom is 0.0919 e. The van der Waals surface area contributed by atoms with Crippen LogP contribution in [0.5, 0.6) is 0 Å². The van der Waals surface area contributed by atoms with E-state index >= 15 is 0 Å². The van der Waals surface area contributed by atoms with Crippen molar-refractivity contribution in [3.05, 3.63) is 59.6 Å². The van der Waals surface area contributed by atoms with Crippen LogP contribution in [0.4, 0.5) is 5.69 Å². The highest BCUT2D eigenvalue weighted by molar-refractivity contribution is 7.95. The molecule has 0 heterocycles. The summed E-state index contributed by atoms with van der Waals surface area (Å²) in [7, 11) is -2.48. The number of benzene rings is 2. The predicted octanol–water partition coefficient (Wildman–Crippen LogP) is 5.05. The van der Waals surface area contributed by atoms with Gasteiger partial charge in [-0.15, -0.1) is 0 Å². The third kappa shape index (κ3) is 1.87. The van der Waals surface area contributed by atoms with Gasteiger partial charge in [0.25, 0.3) is 0 Å². The fourth-order valence-electron chi connectivity index (χ4n) is 3.41. The van der Waals surface area contributed by atoms with Gasteiger partial charge in [0.1, 0.15) is 0 Å². The summed E-state index contributed by atoms with van der Waals surface area (Å²) in [6.07, 6.45) is 3.11. The third-order valence-electron chi connectivity index (χ3n) is 4.71. The van der Waals surface area contributed by atoms with Gasteiger partial charge in [-0.05, 0) is 49.4 Å². The Balaban J connectivity index is 1.93. The van der Waals surface area contributed by atoms with E-state index in [9.17, 15) is 4.21 Å². The van der Waals surface area contributed by atoms with Gasteiger partial charge in [0.05, 0.1) is 25.2 Å². The Morgan fingerprint density at radius 1 is 1.00 bits per heavy atom. The van der Waals surface area contributed by atoms with Crippen LogP contribution in [-0.2, 0) is 9.73 Å². The molecule has 2 nitrogen and oxygen atoms in total. The highest BCUT2D eigenvalue weighted by Crippen LogP contribution is 2.64. The Bertz CT molecular complexity index is 792. The van der Waals surface area contributed by atoms with Gasteiger partial charge in [0.2, 0.25) is 0 Å².